The van der Waals surface area contributed by atoms with E-state index in [0.29, 0.717) is 24.5 Å². The lowest BCUT2D eigenvalue weighted by Crippen LogP contribution is -2.38. The van der Waals surface area contributed by atoms with Crippen molar-refractivity contribution in [1.29, 1.82) is 0 Å². The van der Waals surface area contributed by atoms with Crippen LogP contribution < -0.4 is 15.8 Å². The highest BCUT2D eigenvalue weighted by atomic mass is 16.5. The number of carbonyl (C=O) groups excluding carboxylic acids is 1. The van der Waals surface area contributed by atoms with Gasteiger partial charge < -0.3 is 15.8 Å². The van der Waals surface area contributed by atoms with Gasteiger partial charge in [0.15, 0.2) is 0 Å². The lowest BCUT2D eigenvalue weighted by molar-refractivity contribution is -0.117. The number of benzene rings is 1. The van der Waals surface area contributed by atoms with Crippen LogP contribution in [-0.2, 0) is 4.79 Å². The molecular weight excluding hydrogens is 240 g/mol. The number of rotatable bonds is 5. The summed E-state index contributed by atoms with van der Waals surface area (Å²) in [6.45, 7) is 8.56. The van der Waals surface area contributed by atoms with Gasteiger partial charge in [-0.3, -0.25) is 4.79 Å². The molecule has 4 heteroatoms. The molecule has 0 aliphatic carbocycles. The molecule has 0 radical (unpaired) electrons. The van der Waals surface area contributed by atoms with Gasteiger partial charge in [-0.05, 0) is 24.5 Å². The number of nitrogens with two attached hydrogens (primary N) is 1. The topological polar surface area (TPSA) is 64.3 Å². The second-order valence-electron chi connectivity index (χ2n) is 5.65. The lowest BCUT2D eigenvalue weighted by Gasteiger charge is -2.26. The summed E-state index contributed by atoms with van der Waals surface area (Å²) in [7, 11) is 0. The number of anilines is 1. The van der Waals surface area contributed by atoms with Gasteiger partial charge in [0.25, 0.3) is 0 Å². The zero-order valence-electron chi connectivity index (χ0n) is 12.2. The fraction of sp³-hybridized carbons (Fsp3) is 0.533. The van der Waals surface area contributed by atoms with Crippen molar-refractivity contribution >= 4 is 11.6 Å². The van der Waals surface area contributed by atoms with Gasteiger partial charge in [0.1, 0.15) is 5.75 Å². The molecule has 3 N–H and O–H groups in total. The van der Waals surface area contributed by atoms with E-state index in [4.69, 9.17) is 10.5 Å². The van der Waals surface area contributed by atoms with E-state index in [1.165, 1.54) is 0 Å². The van der Waals surface area contributed by atoms with Crippen molar-refractivity contribution in [3.8, 4) is 5.75 Å². The molecule has 0 aromatic heterocycles. The van der Waals surface area contributed by atoms with Gasteiger partial charge in [-0.25, -0.2) is 0 Å². The molecule has 1 aromatic rings. The Morgan fingerprint density at radius 2 is 2.00 bits per heavy atom. The highest BCUT2D eigenvalue weighted by Gasteiger charge is 2.23. The zero-order valence-corrected chi connectivity index (χ0v) is 12.2. The Morgan fingerprint density at radius 1 is 1.37 bits per heavy atom. The molecular formula is C15H24N2O2. The van der Waals surface area contributed by atoms with Crippen LogP contribution in [0.5, 0.6) is 5.75 Å². The fourth-order valence-electron chi connectivity index (χ4n) is 1.56. The molecule has 1 rings (SSSR count). The third kappa shape index (κ3) is 4.91. The normalized spacial score (nSPS) is 12.9. The van der Waals surface area contributed by atoms with Crippen molar-refractivity contribution in [2.75, 3.05) is 11.9 Å². The van der Waals surface area contributed by atoms with E-state index in [9.17, 15) is 4.79 Å². The Bertz CT molecular complexity index is 424. The number of hydrogen-bond acceptors (Lipinski definition) is 3. The number of amides is 1. The van der Waals surface area contributed by atoms with Crippen LogP contribution in [0.2, 0.25) is 0 Å². The molecule has 1 unspecified atom stereocenters. The zero-order chi connectivity index (χ0) is 14.5. The average molecular weight is 264 g/mol. The van der Waals surface area contributed by atoms with Crippen molar-refractivity contribution in [1.82, 2.24) is 0 Å². The quantitative estimate of drug-likeness (QED) is 0.859. The fourth-order valence-corrected chi connectivity index (χ4v) is 1.56. The molecule has 4 nitrogen and oxygen atoms in total. The van der Waals surface area contributed by atoms with Crippen LogP contribution in [0.4, 0.5) is 5.69 Å². The first kappa shape index (κ1) is 15.5. The predicted octanol–water partition coefficient (Wildman–Crippen LogP) is 2.79. The first-order valence-electron chi connectivity index (χ1n) is 6.62. The SMILES string of the molecule is CCOc1ccccc1NC(=O)CC(N)C(C)(C)C. The number of ether oxygens (including phenoxy) is 1. The summed E-state index contributed by atoms with van der Waals surface area (Å²) >= 11 is 0. The van der Waals surface area contributed by atoms with E-state index in [1.54, 1.807) is 0 Å². The van der Waals surface area contributed by atoms with E-state index < -0.39 is 0 Å². The van der Waals surface area contributed by atoms with E-state index in [-0.39, 0.29) is 17.4 Å². The lowest BCUT2D eigenvalue weighted by atomic mass is 9.85. The highest BCUT2D eigenvalue weighted by Crippen LogP contribution is 2.25. The van der Waals surface area contributed by atoms with Crippen molar-refractivity contribution in [2.24, 2.45) is 11.1 Å². The Balaban J connectivity index is 2.67. The minimum Gasteiger partial charge on any atom is -0.492 e. The minimum absolute atomic E-state index is 0.0865. The van der Waals surface area contributed by atoms with E-state index >= 15 is 0 Å². The van der Waals surface area contributed by atoms with Crippen LogP contribution in [0.1, 0.15) is 34.1 Å². The average Bonchev–Trinajstić information content (AvgIpc) is 2.30. The molecule has 0 bridgehead atoms. The van der Waals surface area contributed by atoms with Crippen LogP contribution in [0.15, 0.2) is 24.3 Å². The molecule has 0 fully saturated rings. The molecule has 106 valence electrons. The number of carbonyl (C=O) groups is 1. The summed E-state index contributed by atoms with van der Waals surface area (Å²) in [4.78, 5) is 12.0. The standard InChI is InChI=1S/C15H24N2O2/c1-5-19-12-9-7-6-8-11(12)17-14(18)10-13(16)15(2,3)4/h6-9,13H,5,10,16H2,1-4H3,(H,17,18). The molecule has 0 heterocycles. The van der Waals surface area contributed by atoms with E-state index in [0.717, 1.165) is 0 Å². The highest BCUT2D eigenvalue weighted by molar-refractivity contribution is 5.92. The van der Waals surface area contributed by atoms with Gasteiger partial charge in [0, 0.05) is 12.5 Å². The van der Waals surface area contributed by atoms with Gasteiger partial charge >= 0.3 is 0 Å². The Labute approximate surface area is 115 Å². The molecule has 1 amide bonds. The molecule has 1 aromatic carbocycles. The molecule has 19 heavy (non-hydrogen) atoms. The largest absolute Gasteiger partial charge is 0.492 e. The summed E-state index contributed by atoms with van der Waals surface area (Å²) in [5.74, 6) is 0.595. The second kappa shape index (κ2) is 6.57. The summed E-state index contributed by atoms with van der Waals surface area (Å²) in [5, 5.41) is 2.85. The van der Waals surface area contributed by atoms with Crippen LogP contribution in [0, 0.1) is 5.41 Å². The molecule has 0 spiro atoms. The van der Waals surface area contributed by atoms with Crippen molar-refractivity contribution in [3.63, 3.8) is 0 Å². The number of para-hydroxylation sites is 2. The van der Waals surface area contributed by atoms with Crippen LogP contribution in [0.3, 0.4) is 0 Å². The third-order valence-electron chi connectivity index (χ3n) is 2.98. The summed E-state index contributed by atoms with van der Waals surface area (Å²) < 4.78 is 5.46. The molecule has 0 aliphatic heterocycles. The number of nitrogens with one attached hydrogen (secondary N) is 1. The molecule has 1 atom stereocenters. The summed E-state index contributed by atoms with van der Waals surface area (Å²) in [6.07, 6.45) is 0.296. The van der Waals surface area contributed by atoms with Crippen molar-refractivity contribution in [3.05, 3.63) is 24.3 Å². The minimum atomic E-state index is -0.174. The third-order valence-corrected chi connectivity index (χ3v) is 2.98. The monoisotopic (exact) mass is 264 g/mol. The Hall–Kier alpha value is -1.55. The van der Waals surface area contributed by atoms with Crippen molar-refractivity contribution in [2.45, 2.75) is 40.2 Å². The smallest absolute Gasteiger partial charge is 0.226 e. The second-order valence-corrected chi connectivity index (χ2v) is 5.65. The Morgan fingerprint density at radius 3 is 2.58 bits per heavy atom. The maximum atomic E-state index is 12.0. The first-order valence-corrected chi connectivity index (χ1v) is 6.62. The Kier molecular flexibility index (Phi) is 5.36. The van der Waals surface area contributed by atoms with Gasteiger partial charge in [-0.2, -0.15) is 0 Å². The summed E-state index contributed by atoms with van der Waals surface area (Å²) in [5.41, 5.74) is 6.61. The van der Waals surface area contributed by atoms with Crippen LogP contribution in [0.25, 0.3) is 0 Å². The maximum absolute atomic E-state index is 12.0. The van der Waals surface area contributed by atoms with Gasteiger partial charge in [0.2, 0.25) is 5.91 Å². The molecule has 0 saturated heterocycles. The van der Waals surface area contributed by atoms with Gasteiger partial charge in [-0.1, -0.05) is 32.9 Å². The molecule has 0 saturated carbocycles. The van der Waals surface area contributed by atoms with Crippen LogP contribution >= 0.6 is 0 Å². The number of hydrogen-bond donors (Lipinski definition) is 2. The van der Waals surface area contributed by atoms with Gasteiger partial charge in [-0.15, -0.1) is 0 Å². The van der Waals surface area contributed by atoms with Crippen LogP contribution in [-0.4, -0.2) is 18.6 Å². The summed E-state index contributed by atoms with van der Waals surface area (Å²) in [6, 6.07) is 7.23. The predicted molar refractivity (Wildman–Crippen MR) is 78.3 cm³/mol. The van der Waals surface area contributed by atoms with E-state index in [1.807, 2.05) is 52.0 Å². The van der Waals surface area contributed by atoms with E-state index in [2.05, 4.69) is 5.32 Å². The maximum Gasteiger partial charge on any atom is 0.226 e. The van der Waals surface area contributed by atoms with Crippen molar-refractivity contribution < 1.29 is 9.53 Å². The van der Waals surface area contributed by atoms with Gasteiger partial charge in [0.05, 0.1) is 12.3 Å². The first-order chi connectivity index (χ1) is 8.84. The molecule has 0 aliphatic rings.